The minimum Gasteiger partial charge on any atom is -0.427 e. The second kappa shape index (κ2) is 11.2. The van der Waals surface area contributed by atoms with Crippen molar-refractivity contribution < 1.29 is 18.1 Å². The highest BCUT2D eigenvalue weighted by Crippen LogP contribution is 2.51. The fourth-order valence-corrected chi connectivity index (χ4v) is 7.03. The fourth-order valence-electron chi connectivity index (χ4n) is 4.29. The predicted octanol–water partition coefficient (Wildman–Crippen LogP) is 8.36. The van der Waals surface area contributed by atoms with E-state index in [0.29, 0.717) is 0 Å². The number of fused-ring (bicyclic) bond motifs is 1. The van der Waals surface area contributed by atoms with Crippen LogP contribution >= 0.6 is 17.1 Å². The van der Waals surface area contributed by atoms with Gasteiger partial charge in [-0.1, -0.05) is 70.2 Å². The molecule has 0 N–H and O–H groups in total. The summed E-state index contributed by atoms with van der Waals surface area (Å²) in [5.74, 6) is 3.09. The van der Waals surface area contributed by atoms with E-state index in [0.717, 1.165) is 70.7 Å². The Morgan fingerprint density at radius 2 is 1.00 bits per heavy atom. The van der Waals surface area contributed by atoms with Crippen LogP contribution in [-0.4, -0.2) is 35.5 Å². The lowest BCUT2D eigenvalue weighted by molar-refractivity contribution is 0.371. The van der Waals surface area contributed by atoms with Gasteiger partial charge in [-0.3, -0.25) is 0 Å². The third-order valence-corrected chi connectivity index (χ3v) is 9.77. The van der Waals surface area contributed by atoms with Crippen molar-refractivity contribution in [3.63, 3.8) is 0 Å². The van der Waals surface area contributed by atoms with Crippen molar-refractivity contribution in [2.75, 3.05) is 26.2 Å². The largest absolute Gasteiger partial charge is 0.427 e. The van der Waals surface area contributed by atoms with Gasteiger partial charge in [0, 0.05) is 42.3 Å². The molecule has 6 bridgehead atoms. The molecule has 1 aliphatic rings. The van der Waals surface area contributed by atoms with E-state index in [1.54, 1.807) is 0 Å². The Labute approximate surface area is 215 Å². The molecular formula is C28H32N2O4P2. The molecule has 36 heavy (non-hydrogen) atoms. The molecule has 2 unspecified atom stereocenters. The van der Waals surface area contributed by atoms with Crippen LogP contribution in [-0.2, 0) is 0 Å². The average molecular weight is 523 g/mol. The summed E-state index contributed by atoms with van der Waals surface area (Å²) in [6.45, 7) is 11.8. The van der Waals surface area contributed by atoms with Crippen LogP contribution in [0.15, 0.2) is 72.8 Å². The first kappa shape index (κ1) is 25.0. The standard InChI is InChI=1S/C28H32N2O4P2/c1-5-29(6-2)35-31-22-19-18-21-12-9-15-28(25(21)20-22)34-36(30(7-3)8-4)33-27-17-11-13-23-24(27)14-10-16-26(23)32-35/h9-20H,5-8H2,1-4H3. The van der Waals surface area contributed by atoms with Crippen LogP contribution in [0.1, 0.15) is 27.7 Å². The topological polar surface area (TPSA) is 43.4 Å². The van der Waals surface area contributed by atoms with E-state index in [2.05, 4.69) is 61.3 Å². The molecule has 2 atom stereocenters. The van der Waals surface area contributed by atoms with Crippen LogP contribution in [0.25, 0.3) is 21.5 Å². The minimum absolute atomic E-state index is 0.752. The van der Waals surface area contributed by atoms with Gasteiger partial charge < -0.3 is 18.1 Å². The monoisotopic (exact) mass is 522 g/mol. The molecule has 1 heterocycles. The van der Waals surface area contributed by atoms with Crippen molar-refractivity contribution in [3.8, 4) is 23.0 Å². The fraction of sp³-hybridized carbons (Fsp3) is 0.286. The van der Waals surface area contributed by atoms with Crippen LogP contribution in [0.4, 0.5) is 0 Å². The molecule has 8 heteroatoms. The lowest BCUT2D eigenvalue weighted by Crippen LogP contribution is -2.22. The van der Waals surface area contributed by atoms with Crippen molar-refractivity contribution >= 4 is 38.6 Å². The molecule has 0 radical (unpaired) electrons. The Kier molecular flexibility index (Phi) is 7.79. The van der Waals surface area contributed by atoms with Crippen molar-refractivity contribution in [1.82, 2.24) is 9.34 Å². The van der Waals surface area contributed by atoms with E-state index in [4.69, 9.17) is 18.1 Å². The molecule has 0 saturated carbocycles. The number of rotatable bonds is 6. The summed E-state index contributed by atoms with van der Waals surface area (Å²) >= 11 is 0. The van der Waals surface area contributed by atoms with Crippen LogP contribution in [0, 0.1) is 0 Å². The molecule has 4 aromatic carbocycles. The maximum Gasteiger partial charge on any atom is 0.384 e. The zero-order valence-corrected chi connectivity index (χ0v) is 23.0. The third kappa shape index (κ3) is 4.96. The van der Waals surface area contributed by atoms with Crippen LogP contribution in [0.3, 0.4) is 0 Å². The van der Waals surface area contributed by atoms with Gasteiger partial charge in [0.25, 0.3) is 0 Å². The zero-order valence-electron chi connectivity index (χ0n) is 21.2. The smallest absolute Gasteiger partial charge is 0.384 e. The highest BCUT2D eigenvalue weighted by atomic mass is 31.2. The highest BCUT2D eigenvalue weighted by molar-refractivity contribution is 7.45. The number of nitrogens with zero attached hydrogens (tertiary/aromatic N) is 2. The van der Waals surface area contributed by atoms with E-state index < -0.39 is 17.1 Å². The maximum absolute atomic E-state index is 6.67. The van der Waals surface area contributed by atoms with Gasteiger partial charge in [0.15, 0.2) is 0 Å². The number of hydrogen-bond acceptors (Lipinski definition) is 6. The molecule has 0 spiro atoms. The van der Waals surface area contributed by atoms with E-state index >= 15 is 0 Å². The Morgan fingerprint density at radius 3 is 1.53 bits per heavy atom. The molecule has 0 amide bonds. The molecule has 0 aromatic heterocycles. The lowest BCUT2D eigenvalue weighted by atomic mass is 10.1. The first-order valence-electron chi connectivity index (χ1n) is 12.5. The quantitative estimate of drug-likeness (QED) is 0.237. The molecule has 0 saturated heterocycles. The predicted molar refractivity (Wildman–Crippen MR) is 150 cm³/mol. The van der Waals surface area contributed by atoms with E-state index in [1.165, 1.54) is 0 Å². The third-order valence-electron chi connectivity index (χ3n) is 6.29. The van der Waals surface area contributed by atoms with E-state index in [-0.39, 0.29) is 0 Å². The van der Waals surface area contributed by atoms with Gasteiger partial charge in [-0.2, -0.15) is 0 Å². The van der Waals surface area contributed by atoms with Gasteiger partial charge >= 0.3 is 17.1 Å². The van der Waals surface area contributed by atoms with Crippen LogP contribution < -0.4 is 18.1 Å². The minimum atomic E-state index is -1.41. The summed E-state index contributed by atoms with van der Waals surface area (Å²) in [7, 11) is -2.79. The average Bonchev–Trinajstić information content (AvgIpc) is 2.90. The molecule has 6 nitrogen and oxygen atoms in total. The lowest BCUT2D eigenvalue weighted by Gasteiger charge is -2.30. The molecule has 4 aromatic rings. The highest BCUT2D eigenvalue weighted by Gasteiger charge is 2.27. The Morgan fingerprint density at radius 1 is 0.528 bits per heavy atom. The molecular weight excluding hydrogens is 490 g/mol. The van der Waals surface area contributed by atoms with E-state index in [1.807, 2.05) is 48.5 Å². The summed E-state index contributed by atoms with van der Waals surface area (Å²) in [4.78, 5) is 0. The van der Waals surface area contributed by atoms with Crippen LogP contribution in [0.5, 0.6) is 23.0 Å². The van der Waals surface area contributed by atoms with Gasteiger partial charge in [0.05, 0.1) is 0 Å². The Balaban J connectivity index is 1.71. The first-order valence-corrected chi connectivity index (χ1v) is 14.8. The number of hydrogen-bond donors (Lipinski definition) is 0. The summed E-state index contributed by atoms with van der Waals surface area (Å²) in [5.41, 5.74) is 0. The SMILES string of the molecule is CCN(CC)P1Oc2ccc3cccc(c3c2)OP(N(CC)CC)Oc2cccc3c(cccc23)O1. The Bertz CT molecular complexity index is 1330. The normalized spacial score (nSPS) is 17.6. The molecule has 0 aliphatic carbocycles. The Hall–Kier alpha value is -2.62. The summed E-state index contributed by atoms with van der Waals surface area (Å²) < 4.78 is 31.0. The van der Waals surface area contributed by atoms with Crippen molar-refractivity contribution in [3.05, 3.63) is 72.8 Å². The molecule has 0 fully saturated rings. The molecule has 1 aliphatic heterocycles. The number of benzene rings is 4. The molecule has 5 rings (SSSR count). The van der Waals surface area contributed by atoms with Crippen molar-refractivity contribution in [2.24, 2.45) is 0 Å². The second-order valence-electron chi connectivity index (χ2n) is 8.37. The van der Waals surface area contributed by atoms with Gasteiger partial charge in [-0.15, -0.1) is 0 Å². The van der Waals surface area contributed by atoms with Gasteiger partial charge in [-0.25, -0.2) is 9.34 Å². The van der Waals surface area contributed by atoms with Gasteiger partial charge in [0.2, 0.25) is 0 Å². The molecule has 188 valence electrons. The first-order chi connectivity index (χ1) is 17.6. The summed E-state index contributed by atoms with van der Waals surface area (Å²) in [6.07, 6.45) is 0. The summed E-state index contributed by atoms with van der Waals surface area (Å²) in [6, 6.07) is 24.4. The second-order valence-corrected chi connectivity index (χ2v) is 11.2. The zero-order chi connectivity index (χ0) is 25.1. The van der Waals surface area contributed by atoms with Crippen molar-refractivity contribution in [2.45, 2.75) is 27.7 Å². The van der Waals surface area contributed by atoms with Gasteiger partial charge in [-0.05, 0) is 35.7 Å². The van der Waals surface area contributed by atoms with Gasteiger partial charge in [0.1, 0.15) is 23.0 Å². The van der Waals surface area contributed by atoms with Crippen molar-refractivity contribution in [1.29, 1.82) is 0 Å². The summed E-state index contributed by atoms with van der Waals surface area (Å²) in [5, 5.41) is 4.05. The van der Waals surface area contributed by atoms with Crippen LogP contribution in [0.2, 0.25) is 0 Å². The maximum atomic E-state index is 6.67. The van der Waals surface area contributed by atoms with E-state index in [9.17, 15) is 0 Å².